The highest BCUT2D eigenvalue weighted by atomic mass is 79.9. The fourth-order valence-electron chi connectivity index (χ4n) is 1.26. The predicted molar refractivity (Wildman–Crippen MR) is 75.1 cm³/mol. The van der Waals surface area contributed by atoms with Crippen LogP contribution in [0.5, 0.6) is 0 Å². The van der Waals surface area contributed by atoms with Crippen molar-refractivity contribution in [2.45, 2.75) is 9.10 Å². The summed E-state index contributed by atoms with van der Waals surface area (Å²) in [6.45, 7) is 0. The summed E-state index contributed by atoms with van der Waals surface area (Å²) < 4.78 is 2.04. The Balaban J connectivity index is 2.25. The molecule has 0 saturated heterocycles. The van der Waals surface area contributed by atoms with Crippen molar-refractivity contribution >= 4 is 44.9 Å². The number of halogens is 1. The number of rotatable bonds is 3. The average Bonchev–Trinajstić information content (AvgIpc) is 2.81. The van der Waals surface area contributed by atoms with Crippen LogP contribution in [0, 0.1) is 0 Å². The minimum absolute atomic E-state index is 0.101. The van der Waals surface area contributed by atoms with E-state index in [0.717, 1.165) is 9.37 Å². The Morgan fingerprint density at radius 2 is 2.24 bits per heavy atom. The number of thiophene rings is 1. The minimum Gasteiger partial charge on any atom is -0.409 e. The molecule has 1 aromatic carbocycles. The molecule has 0 unspecified atom stereocenters. The van der Waals surface area contributed by atoms with E-state index in [1.807, 2.05) is 29.6 Å². The van der Waals surface area contributed by atoms with Crippen molar-refractivity contribution in [1.29, 1.82) is 0 Å². The lowest BCUT2D eigenvalue weighted by Gasteiger charge is -2.05. The lowest BCUT2D eigenvalue weighted by atomic mass is 10.2. The number of hydrogen-bond donors (Lipinski definition) is 2. The van der Waals surface area contributed by atoms with Crippen LogP contribution in [0.4, 0.5) is 0 Å². The van der Waals surface area contributed by atoms with Gasteiger partial charge in [0.2, 0.25) is 0 Å². The van der Waals surface area contributed by atoms with Crippen LogP contribution >= 0.6 is 39.0 Å². The molecule has 0 radical (unpaired) electrons. The maximum Gasteiger partial charge on any atom is 0.171 e. The summed E-state index contributed by atoms with van der Waals surface area (Å²) in [5.41, 5.74) is 6.23. The summed E-state index contributed by atoms with van der Waals surface area (Å²) in [5, 5.41) is 13.7. The first-order chi connectivity index (χ1) is 8.20. The van der Waals surface area contributed by atoms with Gasteiger partial charge in [-0.1, -0.05) is 23.0 Å². The third kappa shape index (κ3) is 3.02. The summed E-state index contributed by atoms with van der Waals surface area (Å²) in [6.07, 6.45) is 0. The van der Waals surface area contributed by atoms with Crippen molar-refractivity contribution in [3.05, 3.63) is 45.7 Å². The van der Waals surface area contributed by atoms with E-state index >= 15 is 0 Å². The number of oxime groups is 1. The molecule has 0 saturated carbocycles. The molecular weight excluding hydrogens is 320 g/mol. The molecule has 17 heavy (non-hydrogen) atoms. The summed E-state index contributed by atoms with van der Waals surface area (Å²) in [7, 11) is 0. The zero-order valence-electron chi connectivity index (χ0n) is 8.63. The Bertz CT molecular complexity index is 540. The largest absolute Gasteiger partial charge is 0.409 e. The highest BCUT2D eigenvalue weighted by Gasteiger charge is 2.07. The monoisotopic (exact) mass is 328 g/mol. The van der Waals surface area contributed by atoms with Crippen LogP contribution in [0.1, 0.15) is 5.56 Å². The van der Waals surface area contributed by atoms with E-state index in [0.29, 0.717) is 5.56 Å². The number of nitrogens with two attached hydrogens (primary N) is 1. The van der Waals surface area contributed by atoms with Gasteiger partial charge in [-0.2, -0.15) is 0 Å². The molecule has 0 spiro atoms. The second-order valence-electron chi connectivity index (χ2n) is 3.16. The molecule has 2 aromatic rings. The van der Waals surface area contributed by atoms with Gasteiger partial charge in [-0.15, -0.1) is 11.3 Å². The topological polar surface area (TPSA) is 58.6 Å². The van der Waals surface area contributed by atoms with E-state index in [2.05, 4.69) is 27.2 Å². The van der Waals surface area contributed by atoms with Crippen molar-refractivity contribution in [3.63, 3.8) is 0 Å². The lowest BCUT2D eigenvalue weighted by Crippen LogP contribution is -2.13. The second kappa shape index (κ2) is 5.57. The van der Waals surface area contributed by atoms with Crippen molar-refractivity contribution in [2.24, 2.45) is 10.9 Å². The van der Waals surface area contributed by atoms with Crippen LogP contribution in [0.15, 0.2) is 54.4 Å². The van der Waals surface area contributed by atoms with Crippen LogP contribution in [-0.2, 0) is 0 Å². The van der Waals surface area contributed by atoms with E-state index in [1.54, 1.807) is 23.1 Å². The zero-order chi connectivity index (χ0) is 12.3. The molecule has 0 fully saturated rings. The lowest BCUT2D eigenvalue weighted by molar-refractivity contribution is 0.318. The first-order valence-electron chi connectivity index (χ1n) is 4.69. The molecule has 0 amide bonds. The maximum atomic E-state index is 8.63. The van der Waals surface area contributed by atoms with E-state index in [9.17, 15) is 0 Å². The van der Waals surface area contributed by atoms with E-state index in [1.165, 1.54) is 4.21 Å². The standard InChI is InChI=1S/C11H9BrN2OS2/c12-9-6-7(17-10-2-1-5-16-10)3-4-8(9)11(13)14-15/h1-6,15H,(H2,13,14). The summed E-state index contributed by atoms with van der Waals surface area (Å²) in [6, 6.07) is 9.82. The van der Waals surface area contributed by atoms with Gasteiger partial charge in [-0.25, -0.2) is 0 Å². The van der Waals surface area contributed by atoms with E-state index in [4.69, 9.17) is 10.9 Å². The first-order valence-corrected chi connectivity index (χ1v) is 7.18. The van der Waals surface area contributed by atoms with Gasteiger partial charge in [0.15, 0.2) is 5.84 Å². The number of hydrogen-bond acceptors (Lipinski definition) is 4. The Morgan fingerprint density at radius 3 is 2.82 bits per heavy atom. The Morgan fingerprint density at radius 1 is 1.41 bits per heavy atom. The Kier molecular flexibility index (Phi) is 4.09. The van der Waals surface area contributed by atoms with Crippen LogP contribution in [0.25, 0.3) is 0 Å². The molecule has 0 aliphatic carbocycles. The molecule has 88 valence electrons. The zero-order valence-corrected chi connectivity index (χ0v) is 11.8. The van der Waals surface area contributed by atoms with Gasteiger partial charge < -0.3 is 10.9 Å². The molecule has 0 aliphatic rings. The van der Waals surface area contributed by atoms with E-state index in [-0.39, 0.29) is 5.84 Å². The molecule has 3 N–H and O–H groups in total. The highest BCUT2D eigenvalue weighted by molar-refractivity contribution is 9.10. The number of nitrogens with zero attached hydrogens (tertiary/aromatic N) is 1. The molecule has 6 heteroatoms. The predicted octanol–water partition coefficient (Wildman–Crippen LogP) is 3.76. The summed E-state index contributed by atoms with van der Waals surface area (Å²) in [5.74, 6) is 0.101. The fourth-order valence-corrected chi connectivity index (χ4v) is 3.78. The minimum atomic E-state index is 0.101. The van der Waals surface area contributed by atoms with Gasteiger partial charge in [-0.3, -0.25) is 0 Å². The second-order valence-corrected chi connectivity index (χ2v) is 6.34. The fraction of sp³-hybridized carbons (Fsp3) is 0. The molecule has 0 aliphatic heterocycles. The number of benzene rings is 1. The van der Waals surface area contributed by atoms with E-state index < -0.39 is 0 Å². The Hall–Kier alpha value is -0.980. The van der Waals surface area contributed by atoms with Crippen LogP contribution < -0.4 is 5.73 Å². The molecule has 3 nitrogen and oxygen atoms in total. The van der Waals surface area contributed by atoms with Gasteiger partial charge in [0.25, 0.3) is 0 Å². The maximum absolute atomic E-state index is 8.63. The smallest absolute Gasteiger partial charge is 0.171 e. The molecule has 0 bridgehead atoms. The first kappa shape index (κ1) is 12.5. The van der Waals surface area contributed by atoms with Crippen LogP contribution in [-0.4, -0.2) is 11.0 Å². The normalized spacial score (nSPS) is 11.7. The van der Waals surface area contributed by atoms with Crippen molar-refractivity contribution in [1.82, 2.24) is 0 Å². The van der Waals surface area contributed by atoms with Gasteiger partial charge in [0.1, 0.15) is 0 Å². The van der Waals surface area contributed by atoms with Crippen LogP contribution in [0.3, 0.4) is 0 Å². The van der Waals surface area contributed by atoms with Gasteiger partial charge in [-0.05, 0) is 45.6 Å². The van der Waals surface area contributed by atoms with Gasteiger partial charge in [0.05, 0.1) is 4.21 Å². The average molecular weight is 329 g/mol. The molecular formula is C11H9BrN2OS2. The van der Waals surface area contributed by atoms with Gasteiger partial charge in [0, 0.05) is 14.9 Å². The SMILES string of the molecule is N/C(=N/O)c1ccc(Sc2cccs2)cc1Br. The highest BCUT2D eigenvalue weighted by Crippen LogP contribution is 2.33. The molecule has 0 atom stereocenters. The molecule has 2 rings (SSSR count). The quantitative estimate of drug-likeness (QED) is 0.390. The molecule has 1 heterocycles. The van der Waals surface area contributed by atoms with Crippen molar-refractivity contribution < 1.29 is 5.21 Å². The number of amidine groups is 1. The third-order valence-electron chi connectivity index (χ3n) is 2.04. The van der Waals surface area contributed by atoms with Crippen molar-refractivity contribution in [2.75, 3.05) is 0 Å². The summed E-state index contributed by atoms with van der Waals surface area (Å²) in [4.78, 5) is 1.11. The van der Waals surface area contributed by atoms with Crippen LogP contribution in [0.2, 0.25) is 0 Å². The summed E-state index contributed by atoms with van der Waals surface area (Å²) >= 11 is 6.79. The Labute approximate surface area is 115 Å². The third-order valence-corrected chi connectivity index (χ3v) is 4.72. The van der Waals surface area contributed by atoms with Gasteiger partial charge >= 0.3 is 0 Å². The molecule has 1 aromatic heterocycles. The van der Waals surface area contributed by atoms with Crippen molar-refractivity contribution in [3.8, 4) is 0 Å².